The first-order valence-corrected chi connectivity index (χ1v) is 9.86. The second-order valence-corrected chi connectivity index (χ2v) is 7.25. The van der Waals surface area contributed by atoms with Crippen molar-refractivity contribution in [2.24, 2.45) is 5.73 Å². The fourth-order valence-electron chi connectivity index (χ4n) is 3.18. The van der Waals surface area contributed by atoms with Gasteiger partial charge in [0.25, 0.3) is 5.91 Å². The number of benzene rings is 2. The van der Waals surface area contributed by atoms with E-state index < -0.39 is 11.6 Å². The highest BCUT2D eigenvalue weighted by atomic mass is 16.2. The third-order valence-corrected chi connectivity index (χ3v) is 5.36. The van der Waals surface area contributed by atoms with Crippen LogP contribution in [0.3, 0.4) is 0 Å². The summed E-state index contributed by atoms with van der Waals surface area (Å²) in [4.78, 5) is 25.5. The van der Waals surface area contributed by atoms with Gasteiger partial charge in [0.05, 0.1) is 18.0 Å². The Morgan fingerprint density at radius 2 is 1.61 bits per heavy atom. The molecule has 0 saturated carbocycles. The highest BCUT2D eigenvalue weighted by Crippen LogP contribution is 2.20. The molecular weight excluding hydrogens is 350 g/mol. The lowest BCUT2D eigenvalue weighted by molar-refractivity contribution is -0.123. The maximum atomic E-state index is 12.8. The third kappa shape index (κ3) is 5.67. The molecule has 0 aliphatic carbocycles. The van der Waals surface area contributed by atoms with Gasteiger partial charge < -0.3 is 16.4 Å². The molecule has 150 valence electrons. The van der Waals surface area contributed by atoms with Crippen LogP contribution in [0.2, 0.25) is 0 Å². The molecule has 0 fully saturated rings. The Labute approximate surface area is 167 Å². The van der Waals surface area contributed by atoms with Crippen LogP contribution in [0, 0.1) is 6.92 Å². The summed E-state index contributed by atoms with van der Waals surface area (Å²) in [5.41, 5.74) is 8.06. The van der Waals surface area contributed by atoms with Gasteiger partial charge in [-0.3, -0.25) is 9.59 Å². The Balaban J connectivity index is 2.17. The Morgan fingerprint density at radius 1 is 1.00 bits per heavy atom. The number of nitrogens with one attached hydrogen (secondary N) is 2. The molecular formula is C23H31N3O2. The number of rotatable bonds is 9. The summed E-state index contributed by atoms with van der Waals surface area (Å²) in [5.74, 6) is -0.315. The van der Waals surface area contributed by atoms with E-state index >= 15 is 0 Å². The number of aryl methyl sites for hydroxylation is 1. The van der Waals surface area contributed by atoms with Crippen molar-refractivity contribution in [1.29, 1.82) is 0 Å². The van der Waals surface area contributed by atoms with Gasteiger partial charge in [-0.25, -0.2) is 0 Å². The molecule has 0 saturated heterocycles. The van der Waals surface area contributed by atoms with E-state index in [9.17, 15) is 9.59 Å². The summed E-state index contributed by atoms with van der Waals surface area (Å²) in [5, 5.41) is 6.09. The number of amides is 2. The molecule has 5 heteroatoms. The van der Waals surface area contributed by atoms with Gasteiger partial charge in [-0.2, -0.15) is 0 Å². The van der Waals surface area contributed by atoms with E-state index in [2.05, 4.69) is 10.6 Å². The zero-order valence-electron chi connectivity index (χ0n) is 17.0. The van der Waals surface area contributed by atoms with Crippen LogP contribution < -0.4 is 16.4 Å². The maximum Gasteiger partial charge on any atom is 0.251 e. The van der Waals surface area contributed by atoms with E-state index in [0.717, 1.165) is 24.0 Å². The van der Waals surface area contributed by atoms with Gasteiger partial charge in [0.2, 0.25) is 5.91 Å². The van der Waals surface area contributed by atoms with Crippen molar-refractivity contribution in [2.45, 2.75) is 51.6 Å². The predicted molar refractivity (Wildman–Crippen MR) is 113 cm³/mol. The van der Waals surface area contributed by atoms with Crippen LogP contribution in [0.15, 0.2) is 54.6 Å². The van der Waals surface area contributed by atoms with Crippen LogP contribution in [0.1, 0.15) is 60.6 Å². The van der Waals surface area contributed by atoms with E-state index in [-0.39, 0.29) is 18.2 Å². The van der Waals surface area contributed by atoms with Crippen molar-refractivity contribution in [3.63, 3.8) is 0 Å². The minimum absolute atomic E-state index is 0.118. The van der Waals surface area contributed by atoms with Gasteiger partial charge in [-0.1, -0.05) is 61.9 Å². The van der Waals surface area contributed by atoms with Crippen LogP contribution in [0.25, 0.3) is 0 Å². The first-order chi connectivity index (χ1) is 13.4. The summed E-state index contributed by atoms with van der Waals surface area (Å²) in [6.45, 7) is 6.40. The second kappa shape index (κ2) is 10.0. The van der Waals surface area contributed by atoms with Gasteiger partial charge in [-0.05, 0) is 37.5 Å². The Kier molecular flexibility index (Phi) is 7.76. The molecule has 2 amide bonds. The van der Waals surface area contributed by atoms with Crippen molar-refractivity contribution in [1.82, 2.24) is 10.6 Å². The number of carbonyl (C=O) groups is 2. The molecule has 0 bridgehead atoms. The Morgan fingerprint density at radius 3 is 2.14 bits per heavy atom. The molecule has 4 N–H and O–H groups in total. The smallest absolute Gasteiger partial charge is 0.251 e. The first kappa shape index (κ1) is 21.6. The Hall–Kier alpha value is -2.66. The average Bonchev–Trinajstić information content (AvgIpc) is 2.72. The van der Waals surface area contributed by atoms with Crippen molar-refractivity contribution in [3.05, 3.63) is 71.3 Å². The van der Waals surface area contributed by atoms with Crippen molar-refractivity contribution >= 4 is 11.8 Å². The zero-order valence-corrected chi connectivity index (χ0v) is 17.0. The maximum absolute atomic E-state index is 12.8. The van der Waals surface area contributed by atoms with Crippen LogP contribution in [0.5, 0.6) is 0 Å². The topological polar surface area (TPSA) is 84.2 Å². The fraction of sp³-hybridized carbons (Fsp3) is 0.391. The summed E-state index contributed by atoms with van der Waals surface area (Å²) in [6, 6.07) is 16.5. The molecule has 2 aromatic rings. The van der Waals surface area contributed by atoms with E-state index in [1.165, 1.54) is 0 Å². The largest absolute Gasteiger partial charge is 0.349 e. The lowest BCUT2D eigenvalue weighted by atomic mass is 9.92. The number of hydrogen-bond donors (Lipinski definition) is 3. The molecule has 28 heavy (non-hydrogen) atoms. The normalized spacial score (nSPS) is 12.3. The summed E-state index contributed by atoms with van der Waals surface area (Å²) < 4.78 is 0. The number of nitrogens with two attached hydrogens (primary N) is 1. The summed E-state index contributed by atoms with van der Waals surface area (Å²) in [7, 11) is 0. The van der Waals surface area contributed by atoms with Crippen LogP contribution in [-0.4, -0.2) is 23.9 Å². The van der Waals surface area contributed by atoms with Crippen LogP contribution in [0.4, 0.5) is 0 Å². The van der Waals surface area contributed by atoms with E-state index in [1.807, 2.05) is 63.2 Å². The second-order valence-electron chi connectivity index (χ2n) is 7.25. The molecule has 2 rings (SSSR count). The van der Waals surface area contributed by atoms with Gasteiger partial charge in [-0.15, -0.1) is 0 Å². The molecule has 1 unspecified atom stereocenters. The van der Waals surface area contributed by atoms with E-state index in [1.54, 1.807) is 12.1 Å². The highest BCUT2D eigenvalue weighted by molar-refractivity contribution is 5.94. The predicted octanol–water partition coefficient (Wildman–Crippen LogP) is 3.49. The molecule has 0 spiro atoms. The third-order valence-electron chi connectivity index (χ3n) is 5.36. The molecule has 0 heterocycles. The molecule has 1 atom stereocenters. The standard InChI is InChI=1S/C23H31N3O2/c1-4-23(5-2,16-24)26-21(27)15-20(18-9-7-6-8-10-18)25-22(28)19-13-11-17(3)12-14-19/h6-14,20H,4-5,15-16,24H2,1-3H3,(H,25,28)(H,26,27). The van der Waals surface area contributed by atoms with Crippen molar-refractivity contribution in [2.75, 3.05) is 6.54 Å². The lowest BCUT2D eigenvalue weighted by Crippen LogP contribution is -2.53. The first-order valence-electron chi connectivity index (χ1n) is 9.86. The average molecular weight is 382 g/mol. The fourth-order valence-corrected chi connectivity index (χ4v) is 3.18. The summed E-state index contributed by atoms with van der Waals surface area (Å²) >= 11 is 0. The van der Waals surface area contributed by atoms with Crippen LogP contribution >= 0.6 is 0 Å². The number of hydrogen-bond acceptors (Lipinski definition) is 3. The monoisotopic (exact) mass is 381 g/mol. The minimum atomic E-state index is -0.417. The van der Waals surface area contributed by atoms with E-state index in [4.69, 9.17) is 5.73 Å². The van der Waals surface area contributed by atoms with Gasteiger partial charge in [0, 0.05) is 12.1 Å². The molecule has 0 aliphatic rings. The Bertz CT molecular complexity index is 760. The molecule has 0 aliphatic heterocycles. The molecule has 0 aromatic heterocycles. The van der Waals surface area contributed by atoms with Gasteiger partial charge in [0.15, 0.2) is 0 Å². The lowest BCUT2D eigenvalue weighted by Gasteiger charge is -2.32. The summed E-state index contributed by atoms with van der Waals surface area (Å²) in [6.07, 6.45) is 1.68. The van der Waals surface area contributed by atoms with Crippen LogP contribution in [-0.2, 0) is 4.79 Å². The molecule has 5 nitrogen and oxygen atoms in total. The molecule has 0 radical (unpaired) electrons. The van der Waals surface area contributed by atoms with E-state index in [0.29, 0.717) is 12.1 Å². The van der Waals surface area contributed by atoms with Gasteiger partial charge >= 0.3 is 0 Å². The van der Waals surface area contributed by atoms with Gasteiger partial charge in [0.1, 0.15) is 0 Å². The minimum Gasteiger partial charge on any atom is -0.349 e. The zero-order chi connectivity index (χ0) is 20.6. The van der Waals surface area contributed by atoms with Crippen molar-refractivity contribution < 1.29 is 9.59 Å². The van der Waals surface area contributed by atoms with Crippen molar-refractivity contribution in [3.8, 4) is 0 Å². The number of carbonyl (C=O) groups excluding carboxylic acids is 2. The SMILES string of the molecule is CCC(CC)(CN)NC(=O)CC(NC(=O)c1ccc(C)cc1)c1ccccc1. The highest BCUT2D eigenvalue weighted by Gasteiger charge is 2.28. The quantitative estimate of drug-likeness (QED) is 0.622. The molecule has 2 aromatic carbocycles.